The monoisotopic (exact) mass is 473 g/mol. The van der Waals surface area contributed by atoms with Crippen LogP contribution in [-0.4, -0.2) is 32.8 Å². The minimum absolute atomic E-state index is 0.0402. The highest BCUT2D eigenvalue weighted by Gasteiger charge is 2.23. The highest BCUT2D eigenvalue weighted by atomic mass is 16.5. The molecule has 0 saturated heterocycles. The molecule has 0 aliphatic rings. The van der Waals surface area contributed by atoms with Crippen LogP contribution in [0.5, 0.6) is 17.2 Å². The number of benzene rings is 3. The number of carbonyl (C=O) groups excluding carboxylic acids is 1. The van der Waals surface area contributed by atoms with Gasteiger partial charge in [0.2, 0.25) is 11.2 Å². The van der Waals surface area contributed by atoms with Gasteiger partial charge in [-0.3, -0.25) is 9.59 Å². The number of rotatable bonds is 9. The van der Waals surface area contributed by atoms with Gasteiger partial charge in [0.15, 0.2) is 23.4 Å². The third-order valence-electron chi connectivity index (χ3n) is 5.62. The van der Waals surface area contributed by atoms with E-state index in [1.54, 1.807) is 56.5 Å². The molecule has 0 aliphatic carbocycles. The van der Waals surface area contributed by atoms with Crippen molar-refractivity contribution in [2.45, 2.75) is 19.4 Å². The topological polar surface area (TPSA) is 87.0 Å². The lowest BCUT2D eigenvalue weighted by atomic mass is 10.1. The molecule has 1 amide bonds. The largest absolute Gasteiger partial charge is 0.493 e. The predicted molar refractivity (Wildman–Crippen MR) is 134 cm³/mol. The van der Waals surface area contributed by atoms with Gasteiger partial charge in [-0.1, -0.05) is 42.5 Å². The summed E-state index contributed by atoms with van der Waals surface area (Å²) in [5, 5.41) is 3.23. The van der Waals surface area contributed by atoms with Crippen molar-refractivity contribution in [2.24, 2.45) is 0 Å². The van der Waals surface area contributed by atoms with Gasteiger partial charge in [0, 0.05) is 12.1 Å². The smallest absolute Gasteiger partial charge is 0.260 e. The standard InChI is InChI=1S/C28H27NO6/c1-18(28(31)29-16-15-19-9-5-4-6-10-19)34-27-25(30)21-11-7-8-12-22(21)35-26(27)20-13-14-23(32-2)24(17-20)33-3/h4-14,17-18H,15-16H2,1-3H3,(H,29,31). The normalized spacial score (nSPS) is 11.6. The van der Waals surface area contributed by atoms with Crippen LogP contribution >= 0.6 is 0 Å². The van der Waals surface area contributed by atoms with E-state index in [2.05, 4.69) is 5.32 Å². The van der Waals surface area contributed by atoms with E-state index in [1.165, 1.54) is 7.11 Å². The Morgan fingerprint density at radius 2 is 1.66 bits per heavy atom. The van der Waals surface area contributed by atoms with Crippen molar-refractivity contribution >= 4 is 16.9 Å². The van der Waals surface area contributed by atoms with Gasteiger partial charge in [0.05, 0.1) is 19.6 Å². The van der Waals surface area contributed by atoms with Crippen LogP contribution in [0.25, 0.3) is 22.3 Å². The number of para-hydroxylation sites is 1. The van der Waals surface area contributed by atoms with Gasteiger partial charge in [-0.25, -0.2) is 0 Å². The Morgan fingerprint density at radius 1 is 0.943 bits per heavy atom. The van der Waals surface area contributed by atoms with Crippen LogP contribution < -0.4 is 25.0 Å². The number of carbonyl (C=O) groups is 1. The highest BCUT2D eigenvalue weighted by Crippen LogP contribution is 2.37. The highest BCUT2D eigenvalue weighted by molar-refractivity contribution is 5.84. The van der Waals surface area contributed by atoms with Crippen LogP contribution in [0.15, 0.2) is 82.0 Å². The molecule has 1 unspecified atom stereocenters. The SMILES string of the molecule is COc1ccc(-c2oc3ccccc3c(=O)c2OC(C)C(=O)NCCc2ccccc2)cc1OC. The summed E-state index contributed by atoms with van der Waals surface area (Å²) in [5.41, 5.74) is 1.72. The summed E-state index contributed by atoms with van der Waals surface area (Å²) in [6, 6.07) is 21.9. The lowest BCUT2D eigenvalue weighted by Crippen LogP contribution is -2.38. The first-order valence-corrected chi connectivity index (χ1v) is 11.3. The zero-order chi connectivity index (χ0) is 24.8. The summed E-state index contributed by atoms with van der Waals surface area (Å²) in [7, 11) is 3.07. The third kappa shape index (κ3) is 5.30. The molecule has 0 bridgehead atoms. The van der Waals surface area contributed by atoms with Crippen LogP contribution in [0, 0.1) is 0 Å². The van der Waals surface area contributed by atoms with Crippen molar-refractivity contribution < 1.29 is 23.4 Å². The van der Waals surface area contributed by atoms with Crippen LogP contribution in [0.3, 0.4) is 0 Å². The van der Waals surface area contributed by atoms with Crippen LogP contribution in [-0.2, 0) is 11.2 Å². The van der Waals surface area contributed by atoms with Crippen LogP contribution in [0.4, 0.5) is 0 Å². The maximum Gasteiger partial charge on any atom is 0.260 e. The maximum atomic E-state index is 13.4. The molecule has 1 N–H and O–H groups in total. The first-order valence-electron chi connectivity index (χ1n) is 11.3. The molecule has 1 heterocycles. The number of hydrogen-bond acceptors (Lipinski definition) is 6. The number of amides is 1. The maximum absolute atomic E-state index is 13.4. The Hall–Kier alpha value is -4.26. The fourth-order valence-electron chi connectivity index (χ4n) is 3.75. The van der Waals surface area contributed by atoms with Crippen molar-refractivity contribution in [3.63, 3.8) is 0 Å². The molecule has 4 rings (SSSR count). The summed E-state index contributed by atoms with van der Waals surface area (Å²) in [6.45, 7) is 2.05. The fourth-order valence-corrected chi connectivity index (χ4v) is 3.75. The molecule has 35 heavy (non-hydrogen) atoms. The van der Waals surface area contributed by atoms with E-state index < -0.39 is 6.10 Å². The van der Waals surface area contributed by atoms with Crippen molar-refractivity contribution in [3.05, 3.63) is 88.6 Å². The molecule has 0 fully saturated rings. The minimum atomic E-state index is -0.922. The Labute approximate surface area is 203 Å². The van der Waals surface area contributed by atoms with Gasteiger partial charge in [-0.15, -0.1) is 0 Å². The van der Waals surface area contributed by atoms with E-state index in [0.717, 1.165) is 5.56 Å². The number of ether oxygens (including phenoxy) is 3. The second-order valence-electron chi connectivity index (χ2n) is 7.94. The number of fused-ring (bicyclic) bond motifs is 1. The summed E-state index contributed by atoms with van der Waals surface area (Å²) < 4.78 is 22.8. The predicted octanol–water partition coefficient (Wildman–Crippen LogP) is 4.60. The Morgan fingerprint density at radius 3 is 2.40 bits per heavy atom. The van der Waals surface area contributed by atoms with Gasteiger partial charge in [-0.05, 0) is 49.2 Å². The van der Waals surface area contributed by atoms with Gasteiger partial charge in [0.1, 0.15) is 5.58 Å². The minimum Gasteiger partial charge on any atom is -0.493 e. The second-order valence-corrected chi connectivity index (χ2v) is 7.94. The number of methoxy groups -OCH3 is 2. The zero-order valence-corrected chi connectivity index (χ0v) is 19.9. The van der Waals surface area contributed by atoms with Crippen molar-refractivity contribution in [2.75, 3.05) is 20.8 Å². The van der Waals surface area contributed by atoms with E-state index >= 15 is 0 Å². The van der Waals surface area contributed by atoms with Crippen molar-refractivity contribution in [3.8, 4) is 28.6 Å². The molecular weight excluding hydrogens is 446 g/mol. The Bertz CT molecular complexity index is 1380. The van der Waals surface area contributed by atoms with Crippen LogP contribution in [0.2, 0.25) is 0 Å². The first-order chi connectivity index (χ1) is 17.0. The second kappa shape index (κ2) is 10.8. The number of nitrogens with one attached hydrogen (secondary N) is 1. The third-order valence-corrected chi connectivity index (χ3v) is 5.62. The van der Waals surface area contributed by atoms with E-state index in [9.17, 15) is 9.59 Å². The number of hydrogen-bond donors (Lipinski definition) is 1. The molecule has 1 aromatic heterocycles. The molecule has 0 radical (unpaired) electrons. The summed E-state index contributed by atoms with van der Waals surface area (Å²) in [4.78, 5) is 26.1. The van der Waals surface area contributed by atoms with E-state index in [0.29, 0.717) is 41.0 Å². The fraction of sp³-hybridized carbons (Fsp3) is 0.214. The molecule has 0 aliphatic heterocycles. The molecule has 1 atom stereocenters. The summed E-state index contributed by atoms with van der Waals surface area (Å²) in [6.07, 6.45) is -0.234. The molecule has 4 aromatic rings. The Balaban J connectivity index is 1.64. The zero-order valence-electron chi connectivity index (χ0n) is 19.9. The molecular formula is C28H27NO6. The van der Waals surface area contributed by atoms with Gasteiger partial charge in [-0.2, -0.15) is 0 Å². The average Bonchev–Trinajstić information content (AvgIpc) is 2.90. The average molecular weight is 474 g/mol. The molecule has 7 heteroatoms. The summed E-state index contributed by atoms with van der Waals surface area (Å²) in [5.74, 6) is 0.846. The van der Waals surface area contributed by atoms with Crippen molar-refractivity contribution in [1.82, 2.24) is 5.32 Å². The van der Waals surface area contributed by atoms with E-state index in [1.807, 2.05) is 30.3 Å². The molecule has 7 nitrogen and oxygen atoms in total. The molecule has 3 aromatic carbocycles. The van der Waals surface area contributed by atoms with Gasteiger partial charge < -0.3 is 23.9 Å². The van der Waals surface area contributed by atoms with Crippen molar-refractivity contribution in [1.29, 1.82) is 0 Å². The van der Waals surface area contributed by atoms with E-state index in [4.69, 9.17) is 18.6 Å². The Kier molecular flexibility index (Phi) is 7.35. The molecule has 0 spiro atoms. The molecule has 180 valence electrons. The van der Waals surface area contributed by atoms with Gasteiger partial charge >= 0.3 is 0 Å². The lowest BCUT2D eigenvalue weighted by molar-refractivity contribution is -0.127. The molecule has 0 saturated carbocycles. The van der Waals surface area contributed by atoms with Gasteiger partial charge in [0.25, 0.3) is 5.91 Å². The van der Waals surface area contributed by atoms with Crippen LogP contribution in [0.1, 0.15) is 12.5 Å². The summed E-state index contributed by atoms with van der Waals surface area (Å²) >= 11 is 0. The lowest BCUT2D eigenvalue weighted by Gasteiger charge is -2.17. The quantitative estimate of drug-likeness (QED) is 0.382. The van der Waals surface area contributed by atoms with E-state index in [-0.39, 0.29) is 22.8 Å². The first kappa shape index (κ1) is 23.9.